The second-order valence-corrected chi connectivity index (χ2v) is 7.52. The molecule has 0 unspecified atom stereocenters. The summed E-state index contributed by atoms with van der Waals surface area (Å²) in [7, 11) is 0. The van der Waals surface area contributed by atoms with Gasteiger partial charge in [-0.25, -0.2) is 19.2 Å². The number of nitrogens with zero attached hydrogens (tertiary/aromatic N) is 2. The lowest BCUT2D eigenvalue weighted by molar-refractivity contribution is -0.115. The van der Waals surface area contributed by atoms with Crippen LogP contribution in [-0.4, -0.2) is 33.5 Å². The molecule has 0 fully saturated rings. The molecule has 0 spiro atoms. The number of hydrogen-bond donors (Lipinski definition) is 3. The lowest BCUT2D eigenvalue weighted by Crippen LogP contribution is -2.16. The maximum Gasteiger partial charge on any atom is 0.335 e. The third-order valence-electron chi connectivity index (χ3n) is 4.59. The Balaban J connectivity index is 1.43. The van der Waals surface area contributed by atoms with Crippen LogP contribution in [0.15, 0.2) is 60.2 Å². The van der Waals surface area contributed by atoms with Gasteiger partial charge in [-0.05, 0) is 42.0 Å². The highest BCUT2D eigenvalue weighted by atomic mass is 32.1. The lowest BCUT2D eigenvalue weighted by Gasteiger charge is -2.09. The lowest BCUT2D eigenvalue weighted by atomic mass is 10.1. The molecule has 0 radical (unpaired) electrons. The van der Waals surface area contributed by atoms with Gasteiger partial charge in [0.25, 0.3) is 0 Å². The van der Waals surface area contributed by atoms with Crippen molar-refractivity contribution in [3.63, 3.8) is 0 Å². The highest BCUT2D eigenvalue weighted by molar-refractivity contribution is 7.17. The zero-order valence-electron chi connectivity index (χ0n) is 16.1. The average molecular weight is 436 g/mol. The minimum Gasteiger partial charge on any atom is -0.478 e. The fraction of sp³-hybridized carbons (Fsp3) is 0.0909. The summed E-state index contributed by atoms with van der Waals surface area (Å²) in [5.41, 5.74) is 2.43. The highest BCUT2D eigenvalue weighted by Crippen LogP contribution is 2.36. The minimum atomic E-state index is -1.02. The molecule has 1 amide bonds. The molecule has 156 valence electrons. The Kier molecular flexibility index (Phi) is 5.85. The number of thiophene rings is 1. The maximum atomic E-state index is 13.3. The number of anilines is 2. The number of carbonyl (C=O) groups excluding carboxylic acids is 1. The Hall–Kier alpha value is -3.85. The van der Waals surface area contributed by atoms with E-state index >= 15 is 0 Å². The first-order valence-corrected chi connectivity index (χ1v) is 10.2. The molecule has 0 aliphatic carbocycles. The van der Waals surface area contributed by atoms with Gasteiger partial charge in [-0.1, -0.05) is 12.1 Å². The number of benzene rings is 2. The molecule has 3 N–H and O–H groups in total. The number of hydrogen-bond acceptors (Lipinski definition) is 6. The van der Waals surface area contributed by atoms with Crippen molar-refractivity contribution in [3.05, 3.63) is 71.6 Å². The van der Waals surface area contributed by atoms with E-state index in [0.717, 1.165) is 21.3 Å². The molecule has 0 saturated carbocycles. The quantitative estimate of drug-likeness (QED) is 0.390. The molecular formula is C22H17FN4O3S. The summed E-state index contributed by atoms with van der Waals surface area (Å²) in [5.74, 6) is -0.942. The first-order chi connectivity index (χ1) is 15.0. The summed E-state index contributed by atoms with van der Waals surface area (Å²) in [6.45, 7) is 0.337. The van der Waals surface area contributed by atoms with E-state index < -0.39 is 5.97 Å². The summed E-state index contributed by atoms with van der Waals surface area (Å²) >= 11 is 1.47. The van der Waals surface area contributed by atoms with E-state index in [4.69, 9.17) is 5.11 Å². The van der Waals surface area contributed by atoms with Gasteiger partial charge < -0.3 is 15.7 Å². The fourth-order valence-electron chi connectivity index (χ4n) is 3.07. The van der Waals surface area contributed by atoms with Crippen molar-refractivity contribution in [3.8, 4) is 11.1 Å². The molecular weight excluding hydrogens is 419 g/mol. The van der Waals surface area contributed by atoms with Crippen molar-refractivity contribution in [2.75, 3.05) is 17.2 Å². The summed E-state index contributed by atoms with van der Waals surface area (Å²) in [6.07, 6.45) is 1.64. The van der Waals surface area contributed by atoms with Crippen molar-refractivity contribution < 1.29 is 19.1 Å². The fourth-order valence-corrected chi connectivity index (χ4v) is 3.98. The normalized spacial score (nSPS) is 10.7. The second-order valence-electron chi connectivity index (χ2n) is 6.67. The van der Waals surface area contributed by atoms with Crippen LogP contribution >= 0.6 is 11.3 Å². The number of halogens is 1. The molecule has 0 aliphatic rings. The summed E-state index contributed by atoms with van der Waals surface area (Å²) in [6, 6.07) is 12.2. The predicted molar refractivity (Wildman–Crippen MR) is 118 cm³/mol. The van der Waals surface area contributed by atoms with E-state index in [1.165, 1.54) is 41.9 Å². The number of rotatable bonds is 7. The molecule has 7 nitrogen and oxygen atoms in total. The molecule has 4 rings (SSSR count). The molecule has 2 aromatic heterocycles. The number of nitrogens with one attached hydrogen (secondary N) is 2. The van der Waals surface area contributed by atoms with Crippen LogP contribution in [0.5, 0.6) is 0 Å². The Morgan fingerprint density at radius 1 is 1.03 bits per heavy atom. The zero-order chi connectivity index (χ0) is 21.8. The SMILES string of the molecule is O=C(CCNc1ncnc2scc(-c3ccc(F)cc3)c12)Nc1ccc(C(=O)O)cc1. The number of fused-ring (bicyclic) bond motifs is 1. The van der Waals surface area contributed by atoms with Gasteiger partial charge in [0.2, 0.25) is 5.91 Å². The largest absolute Gasteiger partial charge is 0.478 e. The van der Waals surface area contributed by atoms with Crippen LogP contribution in [0.2, 0.25) is 0 Å². The van der Waals surface area contributed by atoms with Gasteiger partial charge in [-0.2, -0.15) is 0 Å². The number of carbonyl (C=O) groups is 2. The van der Waals surface area contributed by atoms with E-state index in [-0.39, 0.29) is 23.7 Å². The van der Waals surface area contributed by atoms with Gasteiger partial charge in [0.05, 0.1) is 10.9 Å². The first kappa shape index (κ1) is 20.4. The van der Waals surface area contributed by atoms with Crippen LogP contribution in [0, 0.1) is 5.82 Å². The summed E-state index contributed by atoms with van der Waals surface area (Å²) in [5, 5.41) is 17.6. The minimum absolute atomic E-state index is 0.153. The number of amides is 1. The number of carboxylic acid groups (broad SMARTS) is 1. The van der Waals surface area contributed by atoms with E-state index in [9.17, 15) is 14.0 Å². The highest BCUT2D eigenvalue weighted by Gasteiger charge is 2.13. The second kappa shape index (κ2) is 8.88. The topological polar surface area (TPSA) is 104 Å². The predicted octanol–water partition coefficient (Wildman–Crippen LogP) is 4.64. The van der Waals surface area contributed by atoms with Crippen LogP contribution in [-0.2, 0) is 4.79 Å². The smallest absolute Gasteiger partial charge is 0.335 e. The van der Waals surface area contributed by atoms with Crippen LogP contribution in [0.3, 0.4) is 0 Å². The van der Waals surface area contributed by atoms with Crippen molar-refractivity contribution >= 4 is 44.9 Å². The van der Waals surface area contributed by atoms with Gasteiger partial charge >= 0.3 is 5.97 Å². The van der Waals surface area contributed by atoms with Crippen LogP contribution in [0.4, 0.5) is 15.9 Å². The third kappa shape index (κ3) is 4.67. The number of aromatic carboxylic acids is 1. The Morgan fingerprint density at radius 2 is 1.77 bits per heavy atom. The molecule has 31 heavy (non-hydrogen) atoms. The van der Waals surface area contributed by atoms with Gasteiger partial charge in [0.1, 0.15) is 22.8 Å². The monoisotopic (exact) mass is 436 g/mol. The summed E-state index contributed by atoms with van der Waals surface area (Å²) in [4.78, 5) is 32.5. The average Bonchev–Trinajstić information content (AvgIpc) is 3.20. The maximum absolute atomic E-state index is 13.3. The Labute approximate surface area is 180 Å². The zero-order valence-corrected chi connectivity index (χ0v) is 16.9. The van der Waals surface area contributed by atoms with Crippen LogP contribution < -0.4 is 10.6 Å². The summed E-state index contributed by atoms with van der Waals surface area (Å²) < 4.78 is 13.3. The first-order valence-electron chi connectivity index (χ1n) is 9.36. The number of aromatic nitrogens is 2. The Bertz CT molecular complexity index is 1240. The third-order valence-corrected chi connectivity index (χ3v) is 5.47. The van der Waals surface area contributed by atoms with Crippen molar-refractivity contribution in [2.24, 2.45) is 0 Å². The van der Waals surface area contributed by atoms with Gasteiger partial charge in [0.15, 0.2) is 0 Å². The molecule has 9 heteroatoms. The van der Waals surface area contributed by atoms with E-state index in [1.807, 2.05) is 5.38 Å². The van der Waals surface area contributed by atoms with Crippen molar-refractivity contribution in [2.45, 2.75) is 6.42 Å². The molecule has 4 aromatic rings. The molecule has 0 saturated heterocycles. The van der Waals surface area contributed by atoms with E-state index in [0.29, 0.717) is 18.1 Å². The molecule has 0 atom stereocenters. The molecule has 0 aliphatic heterocycles. The standard InChI is InChI=1S/C22H17FN4O3S/c23-15-5-1-13(2-6-15)17-11-31-21-19(17)20(25-12-26-21)24-10-9-18(28)27-16-7-3-14(4-8-16)22(29)30/h1-8,11-12H,9-10H2,(H,27,28)(H,29,30)(H,24,25,26). The van der Waals surface area contributed by atoms with Gasteiger partial charge in [-0.15, -0.1) is 11.3 Å². The van der Waals surface area contributed by atoms with Gasteiger partial charge in [0, 0.05) is 29.6 Å². The van der Waals surface area contributed by atoms with Crippen LogP contribution in [0.1, 0.15) is 16.8 Å². The molecule has 2 aromatic carbocycles. The van der Waals surface area contributed by atoms with E-state index in [2.05, 4.69) is 20.6 Å². The van der Waals surface area contributed by atoms with E-state index in [1.54, 1.807) is 24.3 Å². The van der Waals surface area contributed by atoms with Crippen LogP contribution in [0.25, 0.3) is 21.3 Å². The molecule has 0 bridgehead atoms. The van der Waals surface area contributed by atoms with Crippen molar-refractivity contribution in [1.29, 1.82) is 0 Å². The number of carboxylic acids is 1. The molecule has 2 heterocycles. The van der Waals surface area contributed by atoms with Gasteiger partial charge in [-0.3, -0.25) is 4.79 Å². The Morgan fingerprint density at radius 3 is 2.48 bits per heavy atom. The van der Waals surface area contributed by atoms with Crippen molar-refractivity contribution in [1.82, 2.24) is 9.97 Å².